The number of anilines is 1. The summed E-state index contributed by atoms with van der Waals surface area (Å²) in [6.45, 7) is 2.11. The maximum Gasteiger partial charge on any atom is 0.298 e. The zero-order valence-corrected chi connectivity index (χ0v) is 17.4. The van der Waals surface area contributed by atoms with Gasteiger partial charge in [0.15, 0.2) is 5.13 Å². The van der Waals surface area contributed by atoms with Crippen LogP contribution in [0.25, 0.3) is 10.2 Å². The summed E-state index contributed by atoms with van der Waals surface area (Å²) in [4.78, 5) is 22.4. The molecule has 0 fully saturated rings. The SMILES string of the molecule is CSc1ccc2nc(N(CCN(C)C)C(=O)C3=COCCO3)sc2c1.Cl. The Labute approximate surface area is 167 Å². The molecule has 0 N–H and O–H groups in total. The summed E-state index contributed by atoms with van der Waals surface area (Å²) in [6, 6.07) is 6.15. The highest BCUT2D eigenvalue weighted by Crippen LogP contribution is 2.32. The monoisotopic (exact) mass is 415 g/mol. The number of ether oxygens (including phenoxy) is 2. The van der Waals surface area contributed by atoms with Gasteiger partial charge in [-0.3, -0.25) is 9.69 Å². The standard InChI is InChI=1S/C17H21N3O3S2.ClH/c1-19(2)6-7-20(16(21)14-11-22-8-9-23-14)17-18-13-5-4-12(24-3)10-15(13)25-17;/h4-5,10-11H,6-9H2,1-3H3;1H. The van der Waals surface area contributed by atoms with E-state index in [1.165, 1.54) is 22.5 Å². The lowest BCUT2D eigenvalue weighted by molar-refractivity contribution is -0.119. The first-order valence-electron chi connectivity index (χ1n) is 7.94. The summed E-state index contributed by atoms with van der Waals surface area (Å²) in [5, 5.41) is 0.676. The van der Waals surface area contributed by atoms with Crippen LogP contribution in [0.1, 0.15) is 0 Å². The number of aromatic nitrogens is 1. The topological polar surface area (TPSA) is 54.9 Å². The van der Waals surface area contributed by atoms with Crippen molar-refractivity contribution in [3.05, 3.63) is 30.2 Å². The predicted molar refractivity (Wildman–Crippen MR) is 110 cm³/mol. The molecule has 9 heteroatoms. The van der Waals surface area contributed by atoms with Crippen LogP contribution in [-0.4, -0.2) is 62.4 Å². The molecule has 1 amide bonds. The van der Waals surface area contributed by atoms with Gasteiger partial charge in [-0.15, -0.1) is 24.2 Å². The molecule has 0 aliphatic carbocycles. The second-order valence-electron chi connectivity index (χ2n) is 5.79. The smallest absolute Gasteiger partial charge is 0.298 e. The molecule has 1 aliphatic heterocycles. The molecule has 0 radical (unpaired) electrons. The van der Waals surface area contributed by atoms with Crippen LogP contribution in [0.3, 0.4) is 0 Å². The van der Waals surface area contributed by atoms with Crippen molar-refractivity contribution in [2.45, 2.75) is 4.90 Å². The van der Waals surface area contributed by atoms with Crippen molar-refractivity contribution in [1.29, 1.82) is 0 Å². The van der Waals surface area contributed by atoms with Crippen molar-refractivity contribution >= 4 is 56.8 Å². The minimum absolute atomic E-state index is 0. The molecule has 6 nitrogen and oxygen atoms in total. The zero-order valence-electron chi connectivity index (χ0n) is 14.9. The van der Waals surface area contributed by atoms with E-state index in [2.05, 4.69) is 11.1 Å². The average molecular weight is 416 g/mol. The molecule has 2 heterocycles. The number of fused-ring (bicyclic) bond motifs is 1. The lowest BCUT2D eigenvalue weighted by Gasteiger charge is -2.24. The number of carbonyl (C=O) groups is 1. The molecule has 142 valence electrons. The first kappa shape index (κ1) is 20.8. The number of likely N-dealkylation sites (N-methyl/N-ethyl adjacent to an activating group) is 1. The second kappa shape index (κ2) is 9.45. The van der Waals surface area contributed by atoms with Crippen LogP contribution in [0.5, 0.6) is 0 Å². The maximum atomic E-state index is 12.9. The molecule has 1 aliphatic rings. The van der Waals surface area contributed by atoms with Crippen LogP contribution in [0.2, 0.25) is 0 Å². The predicted octanol–water partition coefficient (Wildman–Crippen LogP) is 3.22. The Morgan fingerprint density at radius 2 is 2.12 bits per heavy atom. The largest absolute Gasteiger partial charge is 0.494 e. The fourth-order valence-electron chi connectivity index (χ4n) is 2.33. The van der Waals surface area contributed by atoms with E-state index in [0.717, 1.165) is 16.8 Å². The van der Waals surface area contributed by atoms with Gasteiger partial charge >= 0.3 is 0 Å². The van der Waals surface area contributed by atoms with Crippen molar-refractivity contribution in [1.82, 2.24) is 9.88 Å². The molecule has 0 saturated carbocycles. The molecule has 0 spiro atoms. The molecule has 3 rings (SSSR count). The minimum Gasteiger partial charge on any atom is -0.494 e. The Bertz CT molecular complexity index is 795. The Hall–Kier alpha value is -1.48. The summed E-state index contributed by atoms with van der Waals surface area (Å²) in [7, 11) is 3.95. The zero-order chi connectivity index (χ0) is 17.8. The molecule has 1 aromatic carbocycles. The quantitative estimate of drug-likeness (QED) is 0.675. The van der Waals surface area contributed by atoms with Crippen LogP contribution in [0.15, 0.2) is 35.1 Å². The Morgan fingerprint density at radius 3 is 2.77 bits per heavy atom. The van der Waals surface area contributed by atoms with Crippen LogP contribution in [-0.2, 0) is 14.3 Å². The van der Waals surface area contributed by atoms with E-state index < -0.39 is 0 Å². The number of amides is 1. The first-order chi connectivity index (χ1) is 12.1. The number of hydrogen-bond acceptors (Lipinski definition) is 7. The highest BCUT2D eigenvalue weighted by Gasteiger charge is 2.26. The highest BCUT2D eigenvalue weighted by atomic mass is 35.5. The summed E-state index contributed by atoms with van der Waals surface area (Å²) in [5.74, 6) is 0.0137. The van der Waals surface area contributed by atoms with Gasteiger partial charge < -0.3 is 14.4 Å². The molecular weight excluding hydrogens is 394 g/mol. The van der Waals surface area contributed by atoms with Crippen LogP contribution in [0.4, 0.5) is 5.13 Å². The van der Waals surface area contributed by atoms with E-state index in [9.17, 15) is 4.79 Å². The van der Waals surface area contributed by atoms with Gasteiger partial charge in [0.25, 0.3) is 5.91 Å². The van der Waals surface area contributed by atoms with Crippen molar-refractivity contribution in [3.63, 3.8) is 0 Å². The van der Waals surface area contributed by atoms with Crippen molar-refractivity contribution in [3.8, 4) is 0 Å². The fourth-order valence-corrected chi connectivity index (χ4v) is 3.88. The van der Waals surface area contributed by atoms with Crippen molar-refractivity contribution < 1.29 is 14.3 Å². The Morgan fingerprint density at radius 1 is 1.31 bits per heavy atom. The van der Waals surface area contributed by atoms with Crippen molar-refractivity contribution in [2.24, 2.45) is 0 Å². The fraction of sp³-hybridized carbons (Fsp3) is 0.412. The third-order valence-electron chi connectivity index (χ3n) is 3.69. The molecule has 0 saturated heterocycles. The minimum atomic E-state index is -0.217. The van der Waals surface area contributed by atoms with E-state index in [0.29, 0.717) is 24.9 Å². The number of nitrogens with zero attached hydrogens (tertiary/aromatic N) is 3. The van der Waals surface area contributed by atoms with Crippen LogP contribution in [0, 0.1) is 0 Å². The normalized spacial score (nSPS) is 13.6. The summed E-state index contributed by atoms with van der Waals surface area (Å²) in [6.07, 6.45) is 3.44. The van der Waals surface area contributed by atoms with Gasteiger partial charge in [0, 0.05) is 18.0 Å². The van der Waals surface area contributed by atoms with E-state index in [1.807, 2.05) is 37.4 Å². The molecule has 26 heavy (non-hydrogen) atoms. The number of thioether (sulfide) groups is 1. The van der Waals surface area contributed by atoms with Gasteiger partial charge in [-0.1, -0.05) is 11.3 Å². The lowest BCUT2D eigenvalue weighted by atomic mass is 10.3. The van der Waals surface area contributed by atoms with Gasteiger partial charge in [-0.2, -0.15) is 0 Å². The maximum absolute atomic E-state index is 12.9. The van der Waals surface area contributed by atoms with Crippen LogP contribution >= 0.6 is 35.5 Å². The van der Waals surface area contributed by atoms with Gasteiger partial charge in [-0.25, -0.2) is 4.98 Å². The molecular formula is C17H22ClN3O3S2. The number of thiazole rings is 1. The first-order valence-corrected chi connectivity index (χ1v) is 9.98. The average Bonchev–Trinajstić information content (AvgIpc) is 3.04. The number of hydrogen-bond donors (Lipinski definition) is 0. The number of halogens is 1. The van der Waals surface area contributed by atoms with E-state index in [1.54, 1.807) is 16.7 Å². The number of benzene rings is 1. The number of carbonyl (C=O) groups excluding carboxylic acids is 1. The van der Waals surface area contributed by atoms with E-state index in [-0.39, 0.29) is 24.1 Å². The number of rotatable bonds is 6. The van der Waals surface area contributed by atoms with E-state index in [4.69, 9.17) is 9.47 Å². The molecule has 0 bridgehead atoms. The highest BCUT2D eigenvalue weighted by molar-refractivity contribution is 7.98. The Kier molecular flexibility index (Phi) is 7.57. The van der Waals surface area contributed by atoms with Gasteiger partial charge in [0.2, 0.25) is 5.76 Å². The Balaban J connectivity index is 0.00000243. The molecule has 0 atom stereocenters. The van der Waals surface area contributed by atoms with Gasteiger partial charge in [0.05, 0.1) is 10.2 Å². The summed E-state index contributed by atoms with van der Waals surface area (Å²) in [5.41, 5.74) is 0.898. The third-order valence-corrected chi connectivity index (χ3v) is 5.46. The van der Waals surface area contributed by atoms with Crippen molar-refractivity contribution in [2.75, 3.05) is 51.6 Å². The van der Waals surface area contributed by atoms with Gasteiger partial charge in [-0.05, 0) is 38.6 Å². The van der Waals surface area contributed by atoms with E-state index >= 15 is 0 Å². The lowest BCUT2D eigenvalue weighted by Crippen LogP contribution is -2.38. The van der Waals surface area contributed by atoms with Crippen LogP contribution < -0.4 is 4.90 Å². The molecule has 0 unspecified atom stereocenters. The third kappa shape index (κ3) is 4.82. The molecule has 1 aromatic heterocycles. The van der Waals surface area contributed by atoms with Gasteiger partial charge in [0.1, 0.15) is 19.5 Å². The second-order valence-corrected chi connectivity index (χ2v) is 7.68. The summed E-state index contributed by atoms with van der Waals surface area (Å²) < 4.78 is 11.8. The molecule has 2 aromatic rings. The summed E-state index contributed by atoms with van der Waals surface area (Å²) >= 11 is 3.21.